The summed E-state index contributed by atoms with van der Waals surface area (Å²) in [6.45, 7) is 4.17. The van der Waals surface area contributed by atoms with E-state index >= 15 is 0 Å². The Morgan fingerprint density at radius 1 is 1.08 bits per heavy atom. The van der Waals surface area contributed by atoms with Crippen LogP contribution >= 0.6 is 0 Å². The van der Waals surface area contributed by atoms with E-state index in [1.165, 1.54) is 12.1 Å². The van der Waals surface area contributed by atoms with E-state index in [0.717, 1.165) is 17.5 Å². The molecule has 3 rings (SSSR count). The van der Waals surface area contributed by atoms with Crippen molar-refractivity contribution in [2.75, 3.05) is 19.8 Å². The van der Waals surface area contributed by atoms with Crippen LogP contribution in [-0.2, 0) is 4.74 Å². The predicted molar refractivity (Wildman–Crippen MR) is 94.7 cm³/mol. The highest BCUT2D eigenvalue weighted by Crippen LogP contribution is 2.30. The first-order valence-electron chi connectivity index (χ1n) is 8.34. The third-order valence-corrected chi connectivity index (χ3v) is 4.53. The van der Waals surface area contributed by atoms with Crippen molar-refractivity contribution < 1.29 is 13.9 Å². The SMILES string of the molecule is CCC1(CNC(=O)c2ccc(C#Cc3ccc(F)cc3)cc2)COC1. The molecule has 1 N–H and O–H groups in total. The third kappa shape index (κ3) is 4.26. The van der Waals surface area contributed by atoms with Crippen LogP contribution in [0.2, 0.25) is 0 Å². The standard InChI is InChI=1S/C21H20FNO2/c1-2-21(14-25-15-21)13-23-20(24)18-9-5-16(6-10-18)3-4-17-7-11-19(22)12-8-17/h5-12H,2,13-15H2,1H3,(H,23,24). The Balaban J connectivity index is 1.60. The van der Waals surface area contributed by atoms with E-state index < -0.39 is 0 Å². The summed E-state index contributed by atoms with van der Waals surface area (Å²) in [5, 5.41) is 2.98. The van der Waals surface area contributed by atoms with Crippen molar-refractivity contribution in [1.29, 1.82) is 0 Å². The highest BCUT2D eigenvalue weighted by atomic mass is 19.1. The van der Waals surface area contributed by atoms with Crippen LogP contribution in [0.15, 0.2) is 48.5 Å². The topological polar surface area (TPSA) is 38.3 Å². The monoisotopic (exact) mass is 337 g/mol. The van der Waals surface area contributed by atoms with Gasteiger partial charge in [-0.1, -0.05) is 18.8 Å². The molecular formula is C21H20FNO2. The van der Waals surface area contributed by atoms with Crippen LogP contribution in [0, 0.1) is 23.1 Å². The zero-order valence-corrected chi connectivity index (χ0v) is 14.1. The molecule has 0 saturated carbocycles. The maximum atomic E-state index is 12.9. The normalized spacial score (nSPS) is 14.8. The molecule has 25 heavy (non-hydrogen) atoms. The molecule has 0 spiro atoms. The highest BCUT2D eigenvalue weighted by molar-refractivity contribution is 5.94. The zero-order chi connectivity index (χ0) is 17.7. The number of carbonyl (C=O) groups excluding carboxylic acids is 1. The second kappa shape index (κ2) is 7.50. The molecule has 0 radical (unpaired) electrons. The van der Waals surface area contributed by atoms with Crippen molar-refractivity contribution in [3.05, 3.63) is 71.0 Å². The molecule has 2 aromatic carbocycles. The predicted octanol–water partition coefficient (Wildman–Crippen LogP) is 3.38. The number of carbonyl (C=O) groups is 1. The Kier molecular flexibility index (Phi) is 5.16. The second-order valence-corrected chi connectivity index (χ2v) is 6.36. The van der Waals surface area contributed by atoms with Gasteiger partial charge in [0.05, 0.1) is 13.2 Å². The molecule has 2 aromatic rings. The second-order valence-electron chi connectivity index (χ2n) is 6.36. The molecular weight excluding hydrogens is 317 g/mol. The Hall–Kier alpha value is -2.64. The summed E-state index contributed by atoms with van der Waals surface area (Å²) in [7, 11) is 0. The van der Waals surface area contributed by atoms with Gasteiger partial charge in [0.15, 0.2) is 0 Å². The maximum Gasteiger partial charge on any atom is 0.251 e. The molecule has 1 saturated heterocycles. The van der Waals surface area contributed by atoms with E-state index in [-0.39, 0.29) is 17.1 Å². The van der Waals surface area contributed by atoms with Crippen LogP contribution in [0.5, 0.6) is 0 Å². The van der Waals surface area contributed by atoms with Gasteiger partial charge in [0.1, 0.15) is 5.82 Å². The first-order chi connectivity index (χ1) is 12.1. The molecule has 4 heteroatoms. The largest absolute Gasteiger partial charge is 0.380 e. The van der Waals surface area contributed by atoms with Gasteiger partial charge in [-0.25, -0.2) is 4.39 Å². The number of halogens is 1. The minimum Gasteiger partial charge on any atom is -0.380 e. The van der Waals surface area contributed by atoms with Gasteiger partial charge < -0.3 is 10.1 Å². The van der Waals surface area contributed by atoms with E-state index in [4.69, 9.17) is 4.74 Å². The molecule has 1 heterocycles. The number of amides is 1. The molecule has 0 aromatic heterocycles. The number of nitrogens with one attached hydrogen (secondary N) is 1. The summed E-state index contributed by atoms with van der Waals surface area (Å²) in [6.07, 6.45) is 0.991. The van der Waals surface area contributed by atoms with Crippen molar-refractivity contribution in [3.63, 3.8) is 0 Å². The zero-order valence-electron chi connectivity index (χ0n) is 14.1. The summed E-state index contributed by atoms with van der Waals surface area (Å²) in [5.74, 6) is 5.62. The minimum absolute atomic E-state index is 0.0854. The van der Waals surface area contributed by atoms with Crippen LogP contribution in [-0.4, -0.2) is 25.7 Å². The van der Waals surface area contributed by atoms with Gasteiger partial charge in [-0.15, -0.1) is 0 Å². The smallest absolute Gasteiger partial charge is 0.251 e. The first-order valence-corrected chi connectivity index (χ1v) is 8.34. The molecule has 0 atom stereocenters. The van der Waals surface area contributed by atoms with Gasteiger partial charge in [0.2, 0.25) is 0 Å². The number of ether oxygens (including phenoxy) is 1. The van der Waals surface area contributed by atoms with Gasteiger partial charge in [-0.3, -0.25) is 4.79 Å². The summed E-state index contributed by atoms with van der Waals surface area (Å²) in [5.41, 5.74) is 2.25. The van der Waals surface area contributed by atoms with E-state index in [9.17, 15) is 9.18 Å². The van der Waals surface area contributed by atoms with Gasteiger partial charge in [-0.2, -0.15) is 0 Å². The molecule has 1 amide bonds. The van der Waals surface area contributed by atoms with Gasteiger partial charge in [-0.05, 0) is 55.0 Å². The van der Waals surface area contributed by atoms with E-state index in [0.29, 0.717) is 25.3 Å². The lowest BCUT2D eigenvalue weighted by Crippen LogP contribution is -2.50. The summed E-state index contributed by atoms with van der Waals surface area (Å²) in [4.78, 5) is 12.2. The fourth-order valence-corrected chi connectivity index (χ4v) is 2.57. The van der Waals surface area contributed by atoms with E-state index in [2.05, 4.69) is 24.1 Å². The highest BCUT2D eigenvalue weighted by Gasteiger charge is 2.36. The maximum absolute atomic E-state index is 12.9. The number of hydrogen-bond acceptors (Lipinski definition) is 2. The molecule has 0 aliphatic carbocycles. The summed E-state index contributed by atoms with van der Waals surface area (Å²) >= 11 is 0. The molecule has 1 aliphatic rings. The molecule has 1 aliphatic heterocycles. The Morgan fingerprint density at radius 2 is 1.64 bits per heavy atom. The van der Waals surface area contributed by atoms with Crippen LogP contribution in [0.25, 0.3) is 0 Å². The van der Waals surface area contributed by atoms with E-state index in [1.807, 2.05) is 12.1 Å². The molecule has 3 nitrogen and oxygen atoms in total. The Morgan fingerprint density at radius 3 is 2.12 bits per heavy atom. The van der Waals surface area contributed by atoms with Crippen molar-refractivity contribution in [2.45, 2.75) is 13.3 Å². The van der Waals surface area contributed by atoms with Crippen LogP contribution in [0.4, 0.5) is 4.39 Å². The van der Waals surface area contributed by atoms with Crippen LogP contribution < -0.4 is 5.32 Å². The van der Waals surface area contributed by atoms with Crippen molar-refractivity contribution in [1.82, 2.24) is 5.32 Å². The summed E-state index contributed by atoms with van der Waals surface area (Å²) in [6, 6.07) is 13.2. The lowest BCUT2D eigenvalue weighted by atomic mass is 9.83. The fraction of sp³-hybridized carbons (Fsp3) is 0.286. The first kappa shape index (κ1) is 17.2. The lowest BCUT2D eigenvalue weighted by Gasteiger charge is -2.40. The quantitative estimate of drug-likeness (QED) is 0.869. The fourth-order valence-electron chi connectivity index (χ4n) is 2.57. The van der Waals surface area contributed by atoms with Gasteiger partial charge in [0.25, 0.3) is 5.91 Å². The lowest BCUT2D eigenvalue weighted by molar-refractivity contribution is -0.111. The van der Waals surface area contributed by atoms with Gasteiger partial charge >= 0.3 is 0 Å². The third-order valence-electron chi connectivity index (χ3n) is 4.53. The van der Waals surface area contributed by atoms with Crippen LogP contribution in [0.1, 0.15) is 34.8 Å². The number of rotatable bonds is 4. The van der Waals surface area contributed by atoms with Crippen LogP contribution in [0.3, 0.4) is 0 Å². The molecule has 0 unspecified atom stereocenters. The Labute approximate surface area is 147 Å². The van der Waals surface area contributed by atoms with Crippen molar-refractivity contribution >= 4 is 5.91 Å². The average Bonchev–Trinajstić information content (AvgIpc) is 2.61. The molecule has 1 fully saturated rings. The van der Waals surface area contributed by atoms with Crippen molar-refractivity contribution in [2.24, 2.45) is 5.41 Å². The number of hydrogen-bond donors (Lipinski definition) is 1. The molecule has 128 valence electrons. The van der Waals surface area contributed by atoms with Crippen molar-refractivity contribution in [3.8, 4) is 11.8 Å². The number of benzene rings is 2. The van der Waals surface area contributed by atoms with Gasteiger partial charge in [0, 0.05) is 28.7 Å². The Bertz CT molecular complexity index is 791. The minimum atomic E-state index is -0.278. The average molecular weight is 337 g/mol. The molecule has 0 bridgehead atoms. The van der Waals surface area contributed by atoms with E-state index in [1.54, 1.807) is 24.3 Å². The summed E-state index contributed by atoms with van der Waals surface area (Å²) < 4.78 is 18.1.